The van der Waals surface area contributed by atoms with Crippen LogP contribution < -0.4 is 4.74 Å². The van der Waals surface area contributed by atoms with Gasteiger partial charge in [-0.25, -0.2) is 0 Å². The van der Waals surface area contributed by atoms with E-state index in [9.17, 15) is 0 Å². The average Bonchev–Trinajstić information content (AvgIpc) is 2.25. The molecule has 0 saturated heterocycles. The molecule has 0 spiro atoms. The normalized spacial score (nSPS) is 12.6. The second-order valence-corrected chi connectivity index (χ2v) is 12.0. The molecule has 1 rings (SSSR count). The zero-order valence-electron chi connectivity index (χ0n) is 12.1. The van der Waals surface area contributed by atoms with Crippen molar-refractivity contribution < 1.29 is 9.16 Å². The molecular weight excluding hydrogens is 355 g/mol. The van der Waals surface area contributed by atoms with Gasteiger partial charge in [-0.15, -0.1) is 0 Å². The number of methoxy groups -OCH3 is 1. The smallest absolute Gasteiger partial charge is 0.192 e. The number of hydrogen-bond acceptors (Lipinski definition) is 2. The van der Waals surface area contributed by atoms with E-state index in [1.54, 1.807) is 7.11 Å². The summed E-state index contributed by atoms with van der Waals surface area (Å²) in [5.41, 5.74) is 1.21. The van der Waals surface area contributed by atoms with E-state index in [-0.39, 0.29) is 5.04 Å². The third kappa shape index (κ3) is 3.96. The van der Waals surface area contributed by atoms with Gasteiger partial charge in [0.1, 0.15) is 5.75 Å². The summed E-state index contributed by atoms with van der Waals surface area (Å²) in [4.78, 5) is 0. The molecule has 0 atom stereocenters. The fourth-order valence-electron chi connectivity index (χ4n) is 1.28. The molecule has 2 nitrogen and oxygen atoms in total. The van der Waals surface area contributed by atoms with Gasteiger partial charge >= 0.3 is 0 Å². The summed E-state index contributed by atoms with van der Waals surface area (Å²) >= 11 is 2.29. The molecule has 0 N–H and O–H groups in total. The van der Waals surface area contributed by atoms with Gasteiger partial charge < -0.3 is 9.16 Å². The van der Waals surface area contributed by atoms with Crippen molar-refractivity contribution >= 4 is 30.9 Å². The fraction of sp³-hybridized carbons (Fsp3) is 0.571. The van der Waals surface area contributed by atoms with Crippen LogP contribution in [-0.2, 0) is 11.0 Å². The molecule has 0 amide bonds. The van der Waals surface area contributed by atoms with E-state index in [2.05, 4.69) is 68.6 Å². The maximum Gasteiger partial charge on any atom is 0.192 e. The topological polar surface area (TPSA) is 18.5 Å². The van der Waals surface area contributed by atoms with Crippen molar-refractivity contribution in [3.63, 3.8) is 0 Å². The minimum atomic E-state index is -1.66. The van der Waals surface area contributed by atoms with E-state index < -0.39 is 8.32 Å². The lowest BCUT2D eigenvalue weighted by Crippen LogP contribution is -2.40. The predicted octanol–water partition coefficient (Wildman–Crippen LogP) is 4.82. The van der Waals surface area contributed by atoms with Crippen molar-refractivity contribution in [2.24, 2.45) is 0 Å². The molecular formula is C14H23IO2Si. The molecule has 0 aromatic heterocycles. The molecule has 0 fully saturated rings. The van der Waals surface area contributed by atoms with E-state index in [1.807, 2.05) is 6.07 Å². The molecule has 0 aliphatic heterocycles. The predicted molar refractivity (Wildman–Crippen MR) is 87.7 cm³/mol. The Balaban J connectivity index is 2.73. The molecule has 4 heteroatoms. The molecule has 1 aromatic carbocycles. The number of hydrogen-bond donors (Lipinski definition) is 0. The van der Waals surface area contributed by atoms with Gasteiger partial charge in [0.2, 0.25) is 0 Å². The van der Waals surface area contributed by atoms with Crippen LogP contribution in [0.1, 0.15) is 26.3 Å². The Labute approximate surface area is 125 Å². The van der Waals surface area contributed by atoms with Crippen LogP contribution in [0, 0.1) is 3.57 Å². The van der Waals surface area contributed by atoms with E-state index in [0.29, 0.717) is 6.61 Å². The summed E-state index contributed by atoms with van der Waals surface area (Å²) in [6, 6.07) is 6.22. The number of halogens is 1. The first kappa shape index (κ1) is 16.0. The van der Waals surface area contributed by atoms with Crippen molar-refractivity contribution in [1.29, 1.82) is 0 Å². The first-order valence-corrected chi connectivity index (χ1v) is 10.1. The molecule has 0 saturated carbocycles. The van der Waals surface area contributed by atoms with Crippen molar-refractivity contribution in [3.8, 4) is 5.75 Å². The number of ether oxygens (including phenoxy) is 1. The summed E-state index contributed by atoms with van der Waals surface area (Å²) in [5, 5.41) is 0.257. The second kappa shape index (κ2) is 5.92. The van der Waals surface area contributed by atoms with Crippen molar-refractivity contribution in [2.45, 2.75) is 45.5 Å². The van der Waals surface area contributed by atoms with Crippen molar-refractivity contribution in [3.05, 3.63) is 27.3 Å². The average molecular weight is 378 g/mol. The van der Waals surface area contributed by atoms with Gasteiger partial charge in [-0.2, -0.15) is 0 Å². The Morgan fingerprint density at radius 3 is 2.28 bits per heavy atom. The van der Waals surface area contributed by atoms with E-state index >= 15 is 0 Å². The van der Waals surface area contributed by atoms with Gasteiger partial charge in [-0.1, -0.05) is 26.8 Å². The Bertz CT molecular complexity index is 411. The molecule has 102 valence electrons. The fourth-order valence-corrected chi connectivity index (χ4v) is 3.04. The van der Waals surface area contributed by atoms with Crippen LogP contribution >= 0.6 is 22.6 Å². The lowest BCUT2D eigenvalue weighted by Gasteiger charge is -2.36. The van der Waals surface area contributed by atoms with Gasteiger partial charge in [0.25, 0.3) is 0 Å². The Hall–Kier alpha value is -0.0731. The molecule has 0 aliphatic rings. The van der Waals surface area contributed by atoms with E-state index in [0.717, 1.165) is 9.32 Å². The third-order valence-corrected chi connectivity index (χ3v) is 8.94. The lowest BCUT2D eigenvalue weighted by molar-refractivity contribution is 0.276. The SMILES string of the molecule is COc1ccc(CO[Si](C)(C)C(C)(C)C)cc1I. The van der Waals surface area contributed by atoms with Gasteiger partial charge in [0.05, 0.1) is 17.3 Å². The van der Waals surface area contributed by atoms with Crippen LogP contribution in [0.15, 0.2) is 18.2 Å². The van der Waals surface area contributed by atoms with Crippen LogP contribution in [0.5, 0.6) is 5.75 Å². The molecule has 18 heavy (non-hydrogen) atoms. The first-order valence-electron chi connectivity index (χ1n) is 6.14. The monoisotopic (exact) mass is 378 g/mol. The number of rotatable bonds is 4. The quantitative estimate of drug-likeness (QED) is 0.552. The summed E-state index contributed by atoms with van der Waals surface area (Å²) < 4.78 is 12.6. The molecule has 1 aromatic rings. The van der Waals surface area contributed by atoms with Crippen molar-refractivity contribution in [1.82, 2.24) is 0 Å². The molecule has 0 bridgehead atoms. The molecule has 0 heterocycles. The maximum atomic E-state index is 6.20. The highest BCUT2D eigenvalue weighted by molar-refractivity contribution is 14.1. The Morgan fingerprint density at radius 2 is 1.83 bits per heavy atom. The van der Waals surface area contributed by atoms with E-state index in [4.69, 9.17) is 9.16 Å². The van der Waals surface area contributed by atoms with E-state index in [1.165, 1.54) is 5.56 Å². The zero-order valence-corrected chi connectivity index (χ0v) is 15.3. The van der Waals surface area contributed by atoms with Gasteiger partial charge in [-0.05, 0) is 58.4 Å². The van der Waals surface area contributed by atoms with Crippen LogP contribution in [0.2, 0.25) is 18.1 Å². The maximum absolute atomic E-state index is 6.20. The third-order valence-electron chi connectivity index (χ3n) is 3.62. The summed E-state index contributed by atoms with van der Waals surface area (Å²) in [7, 11) is 0.0370. The Kier molecular flexibility index (Phi) is 5.26. The molecule has 0 aliphatic carbocycles. The van der Waals surface area contributed by atoms with Crippen LogP contribution in [0.4, 0.5) is 0 Å². The highest BCUT2D eigenvalue weighted by Crippen LogP contribution is 2.37. The highest BCUT2D eigenvalue weighted by Gasteiger charge is 2.36. The summed E-state index contributed by atoms with van der Waals surface area (Å²) in [5.74, 6) is 0.923. The summed E-state index contributed by atoms with van der Waals surface area (Å²) in [6.07, 6.45) is 0. The minimum Gasteiger partial charge on any atom is -0.496 e. The highest BCUT2D eigenvalue weighted by atomic mass is 127. The van der Waals surface area contributed by atoms with Crippen LogP contribution in [0.3, 0.4) is 0 Å². The Morgan fingerprint density at radius 1 is 1.22 bits per heavy atom. The van der Waals surface area contributed by atoms with Gasteiger partial charge in [0, 0.05) is 0 Å². The first-order chi connectivity index (χ1) is 8.17. The second-order valence-electron chi connectivity index (χ2n) is 6.02. The standard InChI is InChI=1S/C14H23IO2Si/c1-14(2,3)18(5,6)17-10-11-7-8-13(16-4)12(15)9-11/h7-9H,10H2,1-6H3. The largest absolute Gasteiger partial charge is 0.496 e. The minimum absolute atomic E-state index is 0.257. The molecule has 0 radical (unpaired) electrons. The van der Waals surface area contributed by atoms with Crippen LogP contribution in [0.25, 0.3) is 0 Å². The van der Waals surface area contributed by atoms with Crippen LogP contribution in [-0.4, -0.2) is 15.4 Å². The zero-order chi connectivity index (χ0) is 14.0. The van der Waals surface area contributed by atoms with Gasteiger partial charge in [-0.3, -0.25) is 0 Å². The molecule has 0 unspecified atom stereocenters. The van der Waals surface area contributed by atoms with Crippen molar-refractivity contribution in [2.75, 3.05) is 7.11 Å². The van der Waals surface area contributed by atoms with Gasteiger partial charge in [0.15, 0.2) is 8.32 Å². The lowest BCUT2D eigenvalue weighted by atomic mass is 10.2. The summed E-state index contributed by atoms with van der Waals surface area (Å²) in [6.45, 7) is 12.0. The number of benzene rings is 1.